The molecule has 0 aliphatic carbocycles. The number of guanidine groups is 1. The van der Waals surface area contributed by atoms with Crippen molar-refractivity contribution in [3.8, 4) is 0 Å². The average Bonchev–Trinajstić information content (AvgIpc) is 2.96. The van der Waals surface area contributed by atoms with Gasteiger partial charge in [0.25, 0.3) is 0 Å². The summed E-state index contributed by atoms with van der Waals surface area (Å²) >= 11 is 0. The highest BCUT2D eigenvalue weighted by molar-refractivity contribution is 5.80. The zero-order valence-electron chi connectivity index (χ0n) is 18.1. The number of amides is 1. The van der Waals surface area contributed by atoms with Gasteiger partial charge in [-0.1, -0.05) is 6.42 Å². The average molecular weight is 404 g/mol. The second kappa shape index (κ2) is 11.2. The molecule has 0 saturated carbocycles. The van der Waals surface area contributed by atoms with Gasteiger partial charge in [0.15, 0.2) is 5.96 Å². The van der Waals surface area contributed by atoms with Gasteiger partial charge in [-0.2, -0.15) is 0 Å². The van der Waals surface area contributed by atoms with Gasteiger partial charge in [-0.15, -0.1) is 10.2 Å². The Hall–Kier alpha value is -2.12. The molecule has 0 bridgehead atoms. The number of likely N-dealkylation sites (tertiary alicyclic amines) is 1. The minimum absolute atomic E-state index is 0.149. The maximum Gasteiger partial charge on any atom is 0.220 e. The lowest BCUT2D eigenvalue weighted by Gasteiger charge is -2.34. The van der Waals surface area contributed by atoms with E-state index >= 15 is 0 Å². The van der Waals surface area contributed by atoms with E-state index in [9.17, 15) is 4.79 Å². The van der Waals surface area contributed by atoms with Gasteiger partial charge in [-0.3, -0.25) is 9.79 Å². The van der Waals surface area contributed by atoms with Gasteiger partial charge in [-0.05, 0) is 44.9 Å². The first-order valence-electron chi connectivity index (χ1n) is 11.4. The van der Waals surface area contributed by atoms with Crippen LogP contribution in [0.2, 0.25) is 0 Å². The number of hydrogen-bond acceptors (Lipinski definition) is 4. The molecule has 0 spiro atoms. The summed E-state index contributed by atoms with van der Waals surface area (Å²) in [7, 11) is 1.71. The molecule has 8 nitrogen and oxygen atoms in total. The van der Waals surface area contributed by atoms with Crippen molar-refractivity contribution in [2.75, 3.05) is 33.2 Å². The summed E-state index contributed by atoms with van der Waals surface area (Å²) in [5.74, 6) is 3.92. The lowest BCUT2D eigenvalue weighted by molar-refractivity contribution is -0.121. The van der Waals surface area contributed by atoms with Gasteiger partial charge < -0.3 is 20.1 Å². The Morgan fingerprint density at radius 2 is 2.00 bits per heavy atom. The number of fused-ring (bicyclic) bond motifs is 1. The standard InChI is InChI=1S/C21H37N7O/c1-3-23-21(27-14-10-17(11-15-27)16-20(29)22-2)24-12-7-9-19-26-25-18-8-5-4-6-13-28(18)19/h17H,3-16H2,1-2H3,(H,22,29)(H,23,24). The van der Waals surface area contributed by atoms with Crippen molar-refractivity contribution in [1.29, 1.82) is 0 Å². The molecule has 2 N–H and O–H groups in total. The number of carbonyl (C=O) groups is 1. The molecule has 0 radical (unpaired) electrons. The molecule has 2 aliphatic heterocycles. The van der Waals surface area contributed by atoms with Crippen LogP contribution in [0, 0.1) is 5.92 Å². The third-order valence-electron chi connectivity index (χ3n) is 6.01. The number of nitrogens with one attached hydrogen (secondary N) is 2. The van der Waals surface area contributed by atoms with E-state index in [1.807, 2.05) is 0 Å². The number of nitrogens with zero attached hydrogens (tertiary/aromatic N) is 5. The van der Waals surface area contributed by atoms with Gasteiger partial charge in [-0.25, -0.2) is 0 Å². The molecule has 8 heteroatoms. The van der Waals surface area contributed by atoms with E-state index in [0.717, 1.165) is 82.4 Å². The molecule has 3 rings (SSSR count). The molecule has 29 heavy (non-hydrogen) atoms. The predicted molar refractivity (Wildman–Crippen MR) is 115 cm³/mol. The van der Waals surface area contributed by atoms with Crippen LogP contribution in [0.1, 0.15) is 63.5 Å². The summed E-state index contributed by atoms with van der Waals surface area (Å²) in [4.78, 5) is 18.8. The topological polar surface area (TPSA) is 87.4 Å². The molecule has 1 saturated heterocycles. The highest BCUT2D eigenvalue weighted by atomic mass is 16.1. The molecule has 1 amide bonds. The number of aliphatic imine (C=N–C) groups is 1. The second-order valence-corrected chi connectivity index (χ2v) is 8.14. The maximum absolute atomic E-state index is 11.6. The molecule has 0 unspecified atom stereocenters. The molecular formula is C21H37N7O. The first-order chi connectivity index (χ1) is 14.2. The Bertz CT molecular complexity index is 677. The predicted octanol–water partition coefficient (Wildman–Crippen LogP) is 1.75. The van der Waals surface area contributed by atoms with Crippen LogP contribution in [0.5, 0.6) is 0 Å². The zero-order valence-corrected chi connectivity index (χ0v) is 18.1. The maximum atomic E-state index is 11.6. The van der Waals surface area contributed by atoms with Gasteiger partial charge >= 0.3 is 0 Å². The fourth-order valence-electron chi connectivity index (χ4n) is 4.29. The second-order valence-electron chi connectivity index (χ2n) is 8.14. The largest absolute Gasteiger partial charge is 0.359 e. The summed E-state index contributed by atoms with van der Waals surface area (Å²) in [6.45, 7) is 6.77. The number of aromatic nitrogens is 3. The van der Waals surface area contributed by atoms with E-state index in [1.54, 1.807) is 7.05 Å². The third kappa shape index (κ3) is 6.18. The normalized spacial score (nSPS) is 18.3. The van der Waals surface area contributed by atoms with Gasteiger partial charge in [0.2, 0.25) is 5.91 Å². The Kier molecular flexibility index (Phi) is 8.31. The van der Waals surface area contributed by atoms with Gasteiger partial charge in [0.05, 0.1) is 0 Å². The molecular weight excluding hydrogens is 366 g/mol. The van der Waals surface area contributed by atoms with Crippen molar-refractivity contribution in [2.24, 2.45) is 10.9 Å². The summed E-state index contributed by atoms with van der Waals surface area (Å²) in [5.41, 5.74) is 0. The van der Waals surface area contributed by atoms with Crippen molar-refractivity contribution in [3.05, 3.63) is 11.6 Å². The van der Waals surface area contributed by atoms with Gasteiger partial charge in [0, 0.05) is 59.0 Å². The fraction of sp³-hybridized carbons (Fsp3) is 0.810. The Labute approximate surface area is 174 Å². The quantitative estimate of drug-likeness (QED) is 0.411. The molecule has 1 fully saturated rings. The summed E-state index contributed by atoms with van der Waals surface area (Å²) in [6, 6.07) is 0. The van der Waals surface area contributed by atoms with E-state index in [0.29, 0.717) is 12.3 Å². The number of carbonyl (C=O) groups excluding carboxylic acids is 1. The lowest BCUT2D eigenvalue weighted by atomic mass is 9.93. The van der Waals surface area contributed by atoms with Gasteiger partial charge in [0.1, 0.15) is 11.6 Å². The van der Waals surface area contributed by atoms with E-state index in [1.165, 1.54) is 19.3 Å². The number of hydrogen-bond donors (Lipinski definition) is 2. The van der Waals surface area contributed by atoms with E-state index in [4.69, 9.17) is 4.99 Å². The Morgan fingerprint density at radius 3 is 2.76 bits per heavy atom. The van der Waals surface area contributed by atoms with Crippen molar-refractivity contribution < 1.29 is 4.79 Å². The molecule has 0 aromatic carbocycles. The summed E-state index contributed by atoms with van der Waals surface area (Å²) < 4.78 is 2.33. The van der Waals surface area contributed by atoms with Crippen LogP contribution in [-0.2, 0) is 24.2 Å². The Balaban J connectivity index is 1.47. The number of rotatable bonds is 7. The summed E-state index contributed by atoms with van der Waals surface area (Å²) in [6.07, 6.45) is 9.47. The third-order valence-corrected chi connectivity index (χ3v) is 6.01. The molecule has 2 aliphatic rings. The SMILES string of the molecule is CCNC(=NCCCc1nnc2n1CCCCC2)N1CCC(CC(=O)NC)CC1. The molecule has 1 aromatic rings. The van der Waals surface area contributed by atoms with Crippen LogP contribution in [0.4, 0.5) is 0 Å². The van der Waals surface area contributed by atoms with Crippen molar-refractivity contribution >= 4 is 11.9 Å². The Morgan fingerprint density at radius 1 is 1.17 bits per heavy atom. The van der Waals surface area contributed by atoms with Crippen molar-refractivity contribution in [3.63, 3.8) is 0 Å². The molecule has 1 aromatic heterocycles. The van der Waals surface area contributed by atoms with E-state index < -0.39 is 0 Å². The molecule has 3 heterocycles. The van der Waals surface area contributed by atoms with Crippen LogP contribution < -0.4 is 10.6 Å². The fourth-order valence-corrected chi connectivity index (χ4v) is 4.29. The highest BCUT2D eigenvalue weighted by Crippen LogP contribution is 2.20. The van der Waals surface area contributed by atoms with Crippen LogP contribution in [0.15, 0.2) is 4.99 Å². The van der Waals surface area contributed by atoms with Crippen LogP contribution in [0.25, 0.3) is 0 Å². The zero-order chi connectivity index (χ0) is 20.5. The molecule has 0 atom stereocenters. The van der Waals surface area contributed by atoms with Crippen LogP contribution in [-0.4, -0.2) is 64.8 Å². The van der Waals surface area contributed by atoms with Crippen molar-refractivity contribution in [2.45, 2.75) is 71.3 Å². The minimum Gasteiger partial charge on any atom is -0.359 e. The molecule has 162 valence electrons. The smallest absolute Gasteiger partial charge is 0.220 e. The van der Waals surface area contributed by atoms with E-state index in [2.05, 4.69) is 37.2 Å². The van der Waals surface area contributed by atoms with E-state index in [-0.39, 0.29) is 5.91 Å². The van der Waals surface area contributed by atoms with Crippen LogP contribution in [0.3, 0.4) is 0 Å². The number of piperidine rings is 1. The first-order valence-corrected chi connectivity index (χ1v) is 11.4. The lowest BCUT2D eigenvalue weighted by Crippen LogP contribution is -2.46. The first kappa shape index (κ1) is 21.6. The monoisotopic (exact) mass is 403 g/mol. The number of aryl methyl sites for hydroxylation is 2. The summed E-state index contributed by atoms with van der Waals surface area (Å²) in [5, 5.41) is 15.0. The highest BCUT2D eigenvalue weighted by Gasteiger charge is 2.23. The van der Waals surface area contributed by atoms with Crippen LogP contribution >= 0.6 is 0 Å². The minimum atomic E-state index is 0.149. The van der Waals surface area contributed by atoms with Crippen molar-refractivity contribution in [1.82, 2.24) is 30.3 Å².